The van der Waals surface area contributed by atoms with Gasteiger partial charge in [-0.25, -0.2) is 0 Å². The van der Waals surface area contributed by atoms with Gasteiger partial charge in [0, 0.05) is 28.1 Å². The van der Waals surface area contributed by atoms with Crippen LogP contribution >= 0.6 is 0 Å². The Morgan fingerprint density at radius 2 is 1.68 bits per heavy atom. The van der Waals surface area contributed by atoms with E-state index in [0.29, 0.717) is 23.2 Å². The van der Waals surface area contributed by atoms with E-state index in [1.165, 1.54) is 6.07 Å². The second-order valence-electron chi connectivity index (χ2n) is 4.61. The molecule has 0 aliphatic carbocycles. The van der Waals surface area contributed by atoms with Crippen LogP contribution in [0.2, 0.25) is 0 Å². The van der Waals surface area contributed by atoms with Crippen molar-refractivity contribution in [1.82, 2.24) is 5.32 Å². The van der Waals surface area contributed by atoms with E-state index in [1.54, 1.807) is 13.8 Å². The maximum absolute atomic E-state index is 10.1. The van der Waals surface area contributed by atoms with Crippen molar-refractivity contribution in [3.63, 3.8) is 0 Å². The highest BCUT2D eigenvalue weighted by molar-refractivity contribution is 5.68. The summed E-state index contributed by atoms with van der Waals surface area (Å²) in [5, 5.41) is 32.4. The van der Waals surface area contributed by atoms with Gasteiger partial charge in [-0.3, -0.25) is 5.32 Å². The van der Waals surface area contributed by atoms with E-state index in [1.807, 2.05) is 6.92 Å². The van der Waals surface area contributed by atoms with Crippen molar-refractivity contribution in [2.24, 2.45) is 0 Å². The zero-order chi connectivity index (χ0) is 14.7. The molecule has 6 nitrogen and oxygen atoms in total. The summed E-state index contributed by atoms with van der Waals surface area (Å²) in [5.74, 6) is 0. The highest BCUT2D eigenvalue weighted by Gasteiger charge is 2.24. The average molecular weight is 269 g/mol. The summed E-state index contributed by atoms with van der Waals surface area (Å²) < 4.78 is 0. The van der Waals surface area contributed by atoms with E-state index in [9.17, 15) is 15.3 Å². The first-order valence-electron chi connectivity index (χ1n) is 6.30. The smallest absolute Gasteiger partial charge is 0.133 e. The summed E-state index contributed by atoms with van der Waals surface area (Å²) in [7, 11) is 0. The molecule has 1 aromatic carbocycles. The lowest BCUT2D eigenvalue weighted by Crippen LogP contribution is -2.24. The molecule has 0 fully saturated rings. The minimum atomic E-state index is -1.01. The molecular formula is C13H23N3O3. The van der Waals surface area contributed by atoms with Crippen LogP contribution in [-0.2, 0) is 0 Å². The van der Waals surface area contributed by atoms with Gasteiger partial charge in [-0.05, 0) is 26.5 Å². The first-order chi connectivity index (χ1) is 8.81. The van der Waals surface area contributed by atoms with Crippen LogP contribution in [0.5, 0.6) is 0 Å². The molecule has 0 radical (unpaired) electrons. The number of rotatable bonds is 5. The number of nitrogens with one attached hydrogen (secondary N) is 1. The molecule has 19 heavy (non-hydrogen) atoms. The topological polar surface area (TPSA) is 125 Å². The first kappa shape index (κ1) is 15.7. The highest BCUT2D eigenvalue weighted by atomic mass is 16.3. The minimum absolute atomic E-state index is 0.256. The summed E-state index contributed by atoms with van der Waals surface area (Å²) in [6, 6.07) is 1.53. The summed E-state index contributed by atoms with van der Waals surface area (Å²) in [6.45, 7) is 5.49. The lowest BCUT2D eigenvalue weighted by Gasteiger charge is -2.24. The van der Waals surface area contributed by atoms with Gasteiger partial charge in [0.25, 0.3) is 0 Å². The number of hydrogen-bond acceptors (Lipinski definition) is 6. The Balaban J connectivity index is 3.50. The van der Waals surface area contributed by atoms with Crippen LogP contribution in [0.1, 0.15) is 55.9 Å². The number of benzene rings is 1. The van der Waals surface area contributed by atoms with Crippen molar-refractivity contribution in [3.05, 3.63) is 22.8 Å². The molecule has 1 aromatic rings. The van der Waals surface area contributed by atoms with E-state index in [0.717, 1.165) is 0 Å². The Bertz CT molecular complexity index is 447. The molecule has 0 spiro atoms. The fourth-order valence-electron chi connectivity index (χ4n) is 2.18. The molecular weight excluding hydrogens is 246 g/mol. The van der Waals surface area contributed by atoms with Crippen LogP contribution in [-0.4, -0.2) is 21.9 Å². The van der Waals surface area contributed by atoms with E-state index in [4.69, 9.17) is 11.5 Å². The number of hydrogen-bond donors (Lipinski definition) is 6. The van der Waals surface area contributed by atoms with Gasteiger partial charge in [0.15, 0.2) is 0 Å². The van der Waals surface area contributed by atoms with Crippen molar-refractivity contribution in [2.45, 2.75) is 39.2 Å². The summed E-state index contributed by atoms with van der Waals surface area (Å²) in [6.07, 6.45) is -2.71. The summed E-state index contributed by atoms with van der Waals surface area (Å²) >= 11 is 0. The van der Waals surface area contributed by atoms with Gasteiger partial charge >= 0.3 is 0 Å². The van der Waals surface area contributed by atoms with Gasteiger partial charge in [0.2, 0.25) is 0 Å². The lowest BCUT2D eigenvalue weighted by molar-refractivity contribution is 0.134. The van der Waals surface area contributed by atoms with Gasteiger partial charge in [0.1, 0.15) is 6.23 Å². The molecule has 6 heteroatoms. The largest absolute Gasteiger partial charge is 0.398 e. The molecule has 108 valence electrons. The Labute approximate surface area is 113 Å². The van der Waals surface area contributed by atoms with Crippen LogP contribution in [0.25, 0.3) is 0 Å². The number of aliphatic hydroxyl groups is 3. The predicted octanol–water partition coefficient (Wildman–Crippen LogP) is 0.558. The summed E-state index contributed by atoms with van der Waals surface area (Å²) in [5.41, 5.74) is 13.6. The molecule has 0 saturated heterocycles. The molecule has 3 unspecified atom stereocenters. The maximum Gasteiger partial charge on any atom is 0.133 e. The average Bonchev–Trinajstić information content (AvgIpc) is 2.30. The third-order valence-electron chi connectivity index (χ3n) is 3.05. The van der Waals surface area contributed by atoms with Gasteiger partial charge in [-0.15, -0.1) is 0 Å². The quantitative estimate of drug-likeness (QED) is 0.343. The van der Waals surface area contributed by atoms with Gasteiger partial charge < -0.3 is 26.8 Å². The third-order valence-corrected chi connectivity index (χ3v) is 3.05. The SMILES string of the molecule is CCNC(O)c1c(N)cc(C(C)O)c(N)c1C(C)O. The molecule has 0 aliphatic heterocycles. The molecule has 0 heterocycles. The monoisotopic (exact) mass is 269 g/mol. The predicted molar refractivity (Wildman–Crippen MR) is 75.2 cm³/mol. The number of nitrogen functional groups attached to an aromatic ring is 2. The number of aliphatic hydroxyl groups excluding tert-OH is 3. The maximum atomic E-state index is 10.1. The standard InChI is InChI=1S/C13H23N3O3/c1-4-16-13(19)11-9(14)5-8(6(2)17)12(15)10(11)7(3)18/h5-7,13,16-19H,4,14-15H2,1-3H3. The van der Waals surface area contributed by atoms with Crippen LogP contribution in [0.3, 0.4) is 0 Å². The normalized spacial score (nSPS) is 16.1. The molecule has 0 aliphatic rings. The van der Waals surface area contributed by atoms with Crippen molar-refractivity contribution in [3.8, 4) is 0 Å². The lowest BCUT2D eigenvalue weighted by atomic mass is 9.92. The van der Waals surface area contributed by atoms with E-state index >= 15 is 0 Å². The number of anilines is 2. The van der Waals surface area contributed by atoms with E-state index in [2.05, 4.69) is 5.32 Å². The fourth-order valence-corrected chi connectivity index (χ4v) is 2.18. The second kappa shape index (κ2) is 6.21. The Morgan fingerprint density at radius 3 is 2.11 bits per heavy atom. The number of nitrogens with two attached hydrogens (primary N) is 2. The van der Waals surface area contributed by atoms with Gasteiger partial charge in [-0.2, -0.15) is 0 Å². The molecule has 0 saturated carbocycles. The van der Waals surface area contributed by atoms with Crippen molar-refractivity contribution in [1.29, 1.82) is 0 Å². The first-order valence-corrected chi connectivity index (χ1v) is 6.30. The van der Waals surface area contributed by atoms with Crippen molar-refractivity contribution < 1.29 is 15.3 Å². The zero-order valence-electron chi connectivity index (χ0n) is 11.5. The molecule has 0 bridgehead atoms. The van der Waals surface area contributed by atoms with Crippen LogP contribution < -0.4 is 16.8 Å². The van der Waals surface area contributed by atoms with Gasteiger partial charge in [-0.1, -0.05) is 6.92 Å². The molecule has 1 rings (SSSR count). The van der Waals surface area contributed by atoms with Crippen LogP contribution in [0.15, 0.2) is 6.07 Å². The minimum Gasteiger partial charge on any atom is -0.398 e. The van der Waals surface area contributed by atoms with E-state index in [-0.39, 0.29) is 11.4 Å². The molecule has 0 amide bonds. The molecule has 0 aromatic heterocycles. The second-order valence-corrected chi connectivity index (χ2v) is 4.61. The van der Waals surface area contributed by atoms with Crippen LogP contribution in [0.4, 0.5) is 11.4 Å². The van der Waals surface area contributed by atoms with Gasteiger partial charge in [0.05, 0.1) is 12.2 Å². The Morgan fingerprint density at radius 1 is 1.11 bits per heavy atom. The van der Waals surface area contributed by atoms with Crippen molar-refractivity contribution >= 4 is 11.4 Å². The molecule has 3 atom stereocenters. The third kappa shape index (κ3) is 3.16. The van der Waals surface area contributed by atoms with Crippen LogP contribution in [0, 0.1) is 0 Å². The van der Waals surface area contributed by atoms with Crippen molar-refractivity contribution in [2.75, 3.05) is 18.0 Å². The summed E-state index contributed by atoms with van der Waals surface area (Å²) in [4.78, 5) is 0. The Hall–Kier alpha value is -1.34. The highest BCUT2D eigenvalue weighted by Crippen LogP contribution is 2.37. The van der Waals surface area contributed by atoms with E-state index < -0.39 is 18.4 Å². The fraction of sp³-hybridized carbons (Fsp3) is 0.538. The zero-order valence-corrected chi connectivity index (χ0v) is 11.5. The molecule has 8 N–H and O–H groups in total. The Kier molecular flexibility index (Phi) is 5.13.